The molecule has 0 nitrogen and oxygen atoms in total. The zero-order valence-corrected chi connectivity index (χ0v) is 29.0. The maximum Gasteiger partial charge on any atom is -1.00 e. The van der Waals surface area contributed by atoms with Gasteiger partial charge in [-0.3, -0.25) is 0 Å². The van der Waals surface area contributed by atoms with E-state index in [1.807, 2.05) is 0 Å². The predicted octanol–water partition coefficient (Wildman–Crippen LogP) is 3.88. The van der Waals surface area contributed by atoms with Crippen molar-refractivity contribution >= 4 is 18.5 Å². The first kappa shape index (κ1) is 29.5. The van der Waals surface area contributed by atoms with Gasteiger partial charge in [-0.25, -0.2) is 0 Å². The summed E-state index contributed by atoms with van der Waals surface area (Å²) in [5.41, 5.74) is 18.2. The Kier molecular flexibility index (Phi) is 7.90. The first-order chi connectivity index (χ1) is 18.3. The van der Waals surface area contributed by atoms with E-state index in [-0.39, 0.29) is 24.8 Å². The summed E-state index contributed by atoms with van der Waals surface area (Å²) >= 11 is -0.873. The quantitative estimate of drug-likeness (QED) is 0.288. The molecule has 0 amide bonds. The number of aryl methyl sites for hydroxylation is 2. The maximum atomic E-state index is 2.65. The number of hydrogen-bond acceptors (Lipinski definition) is 0. The van der Waals surface area contributed by atoms with Crippen LogP contribution in [0.3, 0.4) is 0 Å². The minimum atomic E-state index is -2.05. The molecular weight excluding hydrogens is 623 g/mol. The van der Waals surface area contributed by atoms with Gasteiger partial charge < -0.3 is 24.8 Å². The molecule has 2 unspecified atom stereocenters. The van der Waals surface area contributed by atoms with Crippen LogP contribution in [0.5, 0.6) is 0 Å². The van der Waals surface area contributed by atoms with Crippen LogP contribution in [0.2, 0.25) is 13.1 Å². The molecule has 40 heavy (non-hydrogen) atoms. The van der Waals surface area contributed by atoms with Crippen LogP contribution >= 0.6 is 0 Å². The largest absolute Gasteiger partial charge is 1.00 e. The average Bonchev–Trinajstić information content (AvgIpc) is 3.36. The van der Waals surface area contributed by atoms with E-state index in [2.05, 4.69) is 126 Å². The van der Waals surface area contributed by atoms with Crippen molar-refractivity contribution in [2.24, 2.45) is 0 Å². The van der Waals surface area contributed by atoms with Gasteiger partial charge in [-0.05, 0) is 0 Å². The number of halogens is 2. The standard InChI is InChI=1S/C36H34Si.2ClH.Zr/c1-23-11-7-13-27(19-23)31-17-9-15-29-21-25(3)35(33(29)31)37(5,6)36-26(4)22-30-16-10-18-32(34(30)36)28-14-8-12-24(2)20-28;;;/h7-22H,1-6H3;2*1H;/q;;;+2/p-2. The molecule has 0 N–H and O–H groups in total. The molecule has 0 fully saturated rings. The van der Waals surface area contributed by atoms with Gasteiger partial charge in [0.15, 0.2) is 0 Å². The van der Waals surface area contributed by atoms with Crippen molar-refractivity contribution in [1.29, 1.82) is 0 Å². The fraction of sp³-hybridized carbons (Fsp3) is 0.222. The molecule has 2 atom stereocenters. The number of rotatable bonds is 2. The third kappa shape index (κ3) is 4.25. The van der Waals surface area contributed by atoms with Crippen LogP contribution in [-0.2, 0) is 23.2 Å². The first-order valence-electron chi connectivity index (χ1n) is 13.9. The van der Waals surface area contributed by atoms with Crippen LogP contribution in [0, 0.1) is 13.8 Å². The third-order valence-corrected chi connectivity index (χ3v) is 18.3. The van der Waals surface area contributed by atoms with E-state index in [9.17, 15) is 0 Å². The van der Waals surface area contributed by atoms with Crippen LogP contribution < -0.4 is 24.8 Å². The molecule has 0 saturated heterocycles. The molecule has 4 bridgehead atoms. The van der Waals surface area contributed by atoms with Gasteiger partial charge in [-0.1, -0.05) is 0 Å². The Labute approximate surface area is 264 Å². The van der Waals surface area contributed by atoms with E-state index in [0.717, 1.165) is 0 Å². The second kappa shape index (κ2) is 10.7. The Balaban J connectivity index is 0.00000161. The molecule has 1 heterocycles. The van der Waals surface area contributed by atoms with Crippen molar-refractivity contribution in [3.05, 3.63) is 129 Å². The molecule has 0 aromatic heterocycles. The normalized spacial score (nSPS) is 19.4. The van der Waals surface area contributed by atoms with E-state index in [4.69, 9.17) is 0 Å². The van der Waals surface area contributed by atoms with Crippen LogP contribution in [0.15, 0.2) is 96.1 Å². The summed E-state index contributed by atoms with van der Waals surface area (Å²) in [6.07, 6.45) is 0. The second-order valence-corrected chi connectivity index (χ2v) is 20.0. The van der Waals surface area contributed by atoms with Gasteiger partial charge in [-0.15, -0.1) is 0 Å². The van der Waals surface area contributed by atoms with Crippen LogP contribution in [0.1, 0.15) is 54.5 Å². The molecule has 0 saturated carbocycles. The zero-order valence-electron chi connectivity index (χ0n) is 24.0. The summed E-state index contributed by atoms with van der Waals surface area (Å²) in [4.78, 5) is 0. The second-order valence-electron chi connectivity index (χ2n) is 12.1. The fourth-order valence-corrected chi connectivity index (χ4v) is 17.6. The fourth-order valence-electron chi connectivity index (χ4n) is 7.77. The average molecular weight is 657 g/mol. The van der Waals surface area contributed by atoms with Crippen LogP contribution in [0.25, 0.3) is 32.6 Å². The van der Waals surface area contributed by atoms with E-state index >= 15 is 0 Å². The monoisotopic (exact) mass is 654 g/mol. The number of hydrogen-bond donors (Lipinski definition) is 0. The van der Waals surface area contributed by atoms with E-state index in [1.165, 1.54) is 33.4 Å². The summed E-state index contributed by atoms with van der Waals surface area (Å²) in [6, 6.07) is 32.7. The van der Waals surface area contributed by atoms with E-state index in [0.29, 0.717) is 7.25 Å². The summed E-state index contributed by atoms with van der Waals surface area (Å²) < 4.78 is 1.32. The summed E-state index contributed by atoms with van der Waals surface area (Å²) in [6.45, 7) is 14.7. The number of fused-ring (bicyclic) bond motifs is 8. The van der Waals surface area contributed by atoms with Gasteiger partial charge in [-0.2, -0.15) is 0 Å². The SMILES string of the molecule is CC1=C2c3c(-c4cccc(C)c4)cccc3[CH]1[Zr+2][CH]1C(C)=C(c3c(-c4cccc(C)c4)cccc31)[Si]2(C)C.[Cl-].[Cl-]. The van der Waals surface area contributed by atoms with Gasteiger partial charge in [0.1, 0.15) is 0 Å². The van der Waals surface area contributed by atoms with Crippen molar-refractivity contribution in [1.82, 2.24) is 0 Å². The van der Waals surface area contributed by atoms with Crippen molar-refractivity contribution in [3.63, 3.8) is 0 Å². The molecule has 2 aliphatic carbocycles. The molecule has 0 radical (unpaired) electrons. The molecule has 0 spiro atoms. The molecule has 4 aromatic carbocycles. The summed E-state index contributed by atoms with van der Waals surface area (Å²) in [5.74, 6) is 0. The van der Waals surface area contributed by atoms with Crippen LogP contribution in [0.4, 0.5) is 0 Å². The molecule has 7 rings (SSSR count). The Morgan fingerprint density at radius 1 is 0.550 bits per heavy atom. The van der Waals surface area contributed by atoms with Crippen LogP contribution in [-0.4, -0.2) is 8.07 Å². The molecule has 4 heteroatoms. The molecule has 1 aliphatic heterocycles. The summed E-state index contributed by atoms with van der Waals surface area (Å²) in [5, 5.41) is 3.46. The Bertz CT molecular complexity index is 1600. The van der Waals surface area contributed by atoms with E-state index in [1.54, 1.807) is 43.8 Å². The minimum Gasteiger partial charge on any atom is -1.00 e. The number of allylic oxidation sites excluding steroid dienone is 2. The van der Waals surface area contributed by atoms with Crippen molar-refractivity contribution in [2.45, 2.75) is 48.0 Å². The molecule has 3 aliphatic rings. The van der Waals surface area contributed by atoms with Gasteiger partial charge in [0.25, 0.3) is 0 Å². The predicted molar refractivity (Wildman–Crippen MR) is 161 cm³/mol. The number of benzene rings is 4. The summed E-state index contributed by atoms with van der Waals surface area (Å²) in [7, 11) is -2.05. The zero-order chi connectivity index (χ0) is 26.3. The molecule has 4 aromatic rings. The smallest absolute Gasteiger partial charge is 1.00 e. The Morgan fingerprint density at radius 3 is 1.35 bits per heavy atom. The van der Waals surface area contributed by atoms with Gasteiger partial charge in [0, 0.05) is 0 Å². The Hall–Kier alpha value is -1.96. The van der Waals surface area contributed by atoms with Crippen molar-refractivity contribution in [3.8, 4) is 22.3 Å². The minimum absolute atomic E-state index is 0. The first-order valence-corrected chi connectivity index (χ1v) is 19.7. The topological polar surface area (TPSA) is 0 Å². The van der Waals surface area contributed by atoms with Crippen molar-refractivity contribution < 1.29 is 48.0 Å². The van der Waals surface area contributed by atoms with Gasteiger partial charge >= 0.3 is 241 Å². The van der Waals surface area contributed by atoms with Gasteiger partial charge in [0.05, 0.1) is 0 Å². The third-order valence-electron chi connectivity index (χ3n) is 9.21. The van der Waals surface area contributed by atoms with E-state index < -0.39 is 31.3 Å². The van der Waals surface area contributed by atoms with Gasteiger partial charge in [0.2, 0.25) is 0 Å². The maximum absolute atomic E-state index is 2.65. The molecular formula is C36H34Cl2SiZr. The van der Waals surface area contributed by atoms with Crippen molar-refractivity contribution in [2.75, 3.05) is 0 Å². The molecule has 200 valence electrons. The Morgan fingerprint density at radius 2 is 0.950 bits per heavy atom.